The number of carbonyl (C=O) groups excluding carboxylic acids is 2. The molecule has 0 aliphatic heterocycles. The molecule has 0 heterocycles. The first-order valence-corrected chi connectivity index (χ1v) is 11.1. The van der Waals surface area contributed by atoms with Crippen molar-refractivity contribution >= 4 is 11.8 Å². The van der Waals surface area contributed by atoms with Gasteiger partial charge >= 0.3 is 0 Å². The average molecular weight is 426 g/mol. The van der Waals surface area contributed by atoms with Gasteiger partial charge < -0.3 is 20.5 Å². The first-order chi connectivity index (χ1) is 13.9. The van der Waals surface area contributed by atoms with E-state index in [0.29, 0.717) is 45.4 Å². The summed E-state index contributed by atoms with van der Waals surface area (Å²) in [6, 6.07) is 2.20. The van der Waals surface area contributed by atoms with Gasteiger partial charge in [0.15, 0.2) is 0 Å². The van der Waals surface area contributed by atoms with Crippen molar-refractivity contribution in [2.45, 2.75) is 92.1 Å². The summed E-state index contributed by atoms with van der Waals surface area (Å²) in [6.07, 6.45) is 4.68. The first-order valence-electron chi connectivity index (χ1n) is 11.1. The molecule has 0 atom stereocenters. The van der Waals surface area contributed by atoms with Gasteiger partial charge in [-0.05, 0) is 66.2 Å². The number of unbranched alkanes of at least 4 members (excludes halogenated alkanes) is 2. The Labute approximate surface area is 182 Å². The quantitative estimate of drug-likeness (QED) is 0.329. The molecule has 0 spiro atoms. The molecule has 174 valence electrons. The zero-order valence-electron chi connectivity index (χ0n) is 19.9. The zero-order chi connectivity index (χ0) is 23.3. The normalized spacial score (nSPS) is 12.3. The zero-order valence-corrected chi connectivity index (χ0v) is 19.9. The third-order valence-corrected chi connectivity index (χ3v) is 5.28. The summed E-state index contributed by atoms with van der Waals surface area (Å²) >= 11 is 0. The van der Waals surface area contributed by atoms with Gasteiger partial charge in [-0.1, -0.05) is 13.8 Å². The fraction of sp³-hybridized carbons (Fsp3) is 0.870. The topological polar surface area (TPSA) is 111 Å². The van der Waals surface area contributed by atoms with Gasteiger partial charge in [0.2, 0.25) is 11.8 Å². The molecule has 0 fully saturated rings. The van der Waals surface area contributed by atoms with Crippen LogP contribution in [0.25, 0.3) is 0 Å². The Balaban J connectivity index is 4.13. The molecule has 0 saturated carbocycles. The fourth-order valence-electron chi connectivity index (χ4n) is 2.70. The highest BCUT2D eigenvalue weighted by atomic mass is 16.5. The summed E-state index contributed by atoms with van der Waals surface area (Å²) in [5.74, 6) is -0.0358. The van der Waals surface area contributed by atoms with Crippen LogP contribution >= 0.6 is 0 Å². The third kappa shape index (κ3) is 13.6. The monoisotopic (exact) mass is 425 g/mol. The molecule has 7 heteroatoms. The number of rotatable bonds is 16. The molecule has 0 aromatic rings. The summed E-state index contributed by atoms with van der Waals surface area (Å²) in [5.41, 5.74) is -1.41. The smallest absolute Gasteiger partial charge is 0.225 e. The van der Waals surface area contributed by atoms with Crippen molar-refractivity contribution in [3.63, 3.8) is 0 Å². The fourth-order valence-corrected chi connectivity index (χ4v) is 2.70. The third-order valence-electron chi connectivity index (χ3n) is 5.28. The summed E-state index contributed by atoms with van der Waals surface area (Å²) < 4.78 is 5.98. The Morgan fingerprint density at radius 2 is 1.60 bits per heavy atom. The van der Waals surface area contributed by atoms with Crippen LogP contribution in [-0.4, -0.2) is 48.8 Å². The van der Waals surface area contributed by atoms with Gasteiger partial charge in [-0.15, -0.1) is 0 Å². The lowest BCUT2D eigenvalue weighted by atomic mass is 9.88. The second kappa shape index (κ2) is 13.6. The van der Waals surface area contributed by atoms with Gasteiger partial charge in [0.25, 0.3) is 0 Å². The van der Waals surface area contributed by atoms with E-state index in [1.54, 1.807) is 0 Å². The highest BCUT2D eigenvalue weighted by Gasteiger charge is 2.28. The van der Waals surface area contributed by atoms with Crippen molar-refractivity contribution in [2.24, 2.45) is 10.8 Å². The van der Waals surface area contributed by atoms with Crippen LogP contribution in [0, 0.1) is 22.2 Å². The molecule has 3 N–H and O–H groups in total. The van der Waals surface area contributed by atoms with Crippen molar-refractivity contribution in [3.05, 3.63) is 0 Å². The van der Waals surface area contributed by atoms with Crippen LogP contribution < -0.4 is 10.6 Å². The van der Waals surface area contributed by atoms with Gasteiger partial charge in [0, 0.05) is 38.1 Å². The van der Waals surface area contributed by atoms with Crippen molar-refractivity contribution < 1.29 is 19.4 Å². The van der Waals surface area contributed by atoms with E-state index in [-0.39, 0.29) is 18.4 Å². The average Bonchev–Trinajstić information content (AvgIpc) is 2.65. The minimum absolute atomic E-state index is 0.0143. The number of ether oxygens (including phenoxy) is 1. The predicted molar refractivity (Wildman–Crippen MR) is 119 cm³/mol. The number of nitrogens with one attached hydrogen (secondary N) is 2. The maximum absolute atomic E-state index is 12.4. The van der Waals surface area contributed by atoms with Gasteiger partial charge in [-0.3, -0.25) is 9.59 Å². The molecule has 0 saturated heterocycles. The van der Waals surface area contributed by atoms with E-state index >= 15 is 0 Å². The summed E-state index contributed by atoms with van der Waals surface area (Å²) in [7, 11) is 0. The molecule has 0 bridgehead atoms. The molecule has 2 amide bonds. The maximum Gasteiger partial charge on any atom is 0.225 e. The number of hydrogen-bond acceptors (Lipinski definition) is 5. The minimum atomic E-state index is -0.519. The first kappa shape index (κ1) is 28.4. The Morgan fingerprint density at radius 1 is 0.933 bits per heavy atom. The lowest BCUT2D eigenvalue weighted by molar-refractivity contribution is -0.131. The van der Waals surface area contributed by atoms with E-state index in [1.807, 2.05) is 41.5 Å². The minimum Gasteiger partial charge on any atom is -0.396 e. The lowest BCUT2D eigenvalue weighted by Gasteiger charge is -2.29. The van der Waals surface area contributed by atoms with E-state index < -0.39 is 16.4 Å². The molecule has 7 nitrogen and oxygen atoms in total. The van der Waals surface area contributed by atoms with Crippen LogP contribution in [0.5, 0.6) is 0 Å². The van der Waals surface area contributed by atoms with Crippen molar-refractivity contribution in [1.82, 2.24) is 10.6 Å². The summed E-state index contributed by atoms with van der Waals surface area (Å²) in [6.45, 7) is 13.2. The molecule has 0 aliphatic rings. The number of hydrogen-bond donors (Lipinski definition) is 3. The summed E-state index contributed by atoms with van der Waals surface area (Å²) in [4.78, 5) is 24.3. The number of aliphatic hydroxyl groups excluding tert-OH is 1. The predicted octanol–water partition coefficient (Wildman–Crippen LogP) is 3.31. The number of nitriles is 1. The highest BCUT2D eigenvalue weighted by molar-refractivity contribution is 5.81. The second-order valence-electron chi connectivity index (χ2n) is 9.88. The number of aliphatic hydroxyl groups is 1. The van der Waals surface area contributed by atoms with Crippen LogP contribution in [-0.2, 0) is 14.3 Å². The van der Waals surface area contributed by atoms with Crippen LogP contribution in [0.15, 0.2) is 0 Å². The number of amides is 2. The molecule has 30 heavy (non-hydrogen) atoms. The lowest BCUT2D eigenvalue weighted by Crippen LogP contribution is -2.39. The second-order valence-corrected chi connectivity index (χ2v) is 9.88. The van der Waals surface area contributed by atoms with Crippen LogP contribution in [0.2, 0.25) is 0 Å². The standard InChI is InChI=1S/C23H43N3O4/c1-21(2,18-24)11-10-19(28)25-15-12-23(5,6)30-17-13-22(3,4)20(29)26-14-8-7-9-16-27/h27H,7-17H2,1-6H3,(H,25,28)(H,26,29). The van der Waals surface area contributed by atoms with Crippen molar-refractivity contribution in [3.8, 4) is 6.07 Å². The van der Waals surface area contributed by atoms with E-state index in [4.69, 9.17) is 15.1 Å². The van der Waals surface area contributed by atoms with Gasteiger partial charge in [0.05, 0.1) is 17.1 Å². The molecule has 0 rings (SSSR count). The molecule has 0 radical (unpaired) electrons. The molecule has 0 aromatic carbocycles. The molecule has 0 aliphatic carbocycles. The van der Waals surface area contributed by atoms with E-state index in [1.165, 1.54) is 0 Å². The van der Waals surface area contributed by atoms with Gasteiger partial charge in [-0.2, -0.15) is 5.26 Å². The van der Waals surface area contributed by atoms with E-state index in [0.717, 1.165) is 19.3 Å². The highest BCUT2D eigenvalue weighted by Crippen LogP contribution is 2.23. The molecule has 0 unspecified atom stereocenters. The molecule has 0 aromatic heterocycles. The summed E-state index contributed by atoms with van der Waals surface area (Å²) in [5, 5.41) is 23.6. The largest absolute Gasteiger partial charge is 0.396 e. The SMILES string of the molecule is CC(C)(C#N)CCC(=O)NCCC(C)(C)OCCC(C)(C)C(=O)NCCCCCO. The van der Waals surface area contributed by atoms with Gasteiger partial charge in [0.1, 0.15) is 0 Å². The van der Waals surface area contributed by atoms with Gasteiger partial charge in [-0.25, -0.2) is 0 Å². The number of nitrogens with zero attached hydrogens (tertiary/aromatic N) is 1. The van der Waals surface area contributed by atoms with Crippen LogP contribution in [0.3, 0.4) is 0 Å². The van der Waals surface area contributed by atoms with Crippen LogP contribution in [0.1, 0.15) is 86.5 Å². The Kier molecular flexibility index (Phi) is 12.9. The maximum atomic E-state index is 12.4. The Hall–Kier alpha value is -1.65. The number of carbonyl (C=O) groups is 2. The molecular weight excluding hydrogens is 382 g/mol. The van der Waals surface area contributed by atoms with E-state index in [9.17, 15) is 9.59 Å². The van der Waals surface area contributed by atoms with Crippen LogP contribution in [0.4, 0.5) is 0 Å². The Morgan fingerprint density at radius 3 is 2.20 bits per heavy atom. The van der Waals surface area contributed by atoms with Crippen molar-refractivity contribution in [2.75, 3.05) is 26.3 Å². The molecular formula is C23H43N3O4. The van der Waals surface area contributed by atoms with Crippen molar-refractivity contribution in [1.29, 1.82) is 5.26 Å². The van der Waals surface area contributed by atoms with E-state index in [2.05, 4.69) is 16.7 Å². The Bertz CT molecular complexity index is 565.